The van der Waals surface area contributed by atoms with Crippen LogP contribution in [0.2, 0.25) is 0 Å². The summed E-state index contributed by atoms with van der Waals surface area (Å²) in [5.41, 5.74) is 0.0530. The highest BCUT2D eigenvalue weighted by Crippen LogP contribution is 2.13. The minimum atomic E-state index is -1.02. The van der Waals surface area contributed by atoms with E-state index in [2.05, 4.69) is 16.0 Å². The van der Waals surface area contributed by atoms with Gasteiger partial charge in [-0.25, -0.2) is 4.79 Å². The molecule has 0 fully saturated rings. The van der Waals surface area contributed by atoms with Gasteiger partial charge in [-0.05, 0) is 57.2 Å². The number of alkyl carbamates (subject to hydrolysis) is 1. The summed E-state index contributed by atoms with van der Waals surface area (Å²) in [5.74, 6) is -1.37. The van der Waals surface area contributed by atoms with Gasteiger partial charge in [0.15, 0.2) is 0 Å². The fraction of sp³-hybridized carbons (Fsp3) is 0.583. The van der Waals surface area contributed by atoms with Crippen LogP contribution < -0.4 is 20.7 Å². The lowest BCUT2D eigenvalue weighted by molar-refractivity contribution is -0.140. The Hall–Kier alpha value is -3.10. The summed E-state index contributed by atoms with van der Waals surface area (Å²) < 4.78 is 10.4. The average molecular weight is 464 g/mol. The number of carbonyl (C=O) groups is 4. The number of ketones is 1. The molecule has 1 aromatic carbocycles. The van der Waals surface area contributed by atoms with Crippen molar-refractivity contribution in [3.63, 3.8) is 0 Å². The summed E-state index contributed by atoms with van der Waals surface area (Å²) in [6.45, 7) is 10.8. The van der Waals surface area contributed by atoms with Crippen LogP contribution in [-0.2, 0) is 25.7 Å². The molecule has 1 aromatic rings. The summed E-state index contributed by atoms with van der Waals surface area (Å²) in [7, 11) is 1.54. The second-order valence-corrected chi connectivity index (χ2v) is 9.20. The number of ether oxygens (including phenoxy) is 2. The van der Waals surface area contributed by atoms with Gasteiger partial charge in [-0.3, -0.25) is 14.4 Å². The second kappa shape index (κ2) is 12.8. The average Bonchev–Trinajstić information content (AvgIpc) is 2.73. The minimum absolute atomic E-state index is 0.0950. The molecule has 2 atom stereocenters. The number of hydrogen-bond donors (Lipinski definition) is 3. The summed E-state index contributed by atoms with van der Waals surface area (Å²) in [4.78, 5) is 50.1. The molecule has 1 rings (SSSR count). The first-order chi connectivity index (χ1) is 15.4. The number of carbonyl (C=O) groups excluding carboxylic acids is 4. The lowest BCUT2D eigenvalue weighted by atomic mass is 10.0. The van der Waals surface area contributed by atoms with Crippen molar-refractivity contribution >= 4 is 23.7 Å². The summed E-state index contributed by atoms with van der Waals surface area (Å²) in [6.07, 6.45) is -0.158. The first kappa shape index (κ1) is 27.9. The largest absolute Gasteiger partial charge is 0.497 e. The molecule has 0 radical (unpaired) electrons. The van der Waals surface area contributed by atoms with Crippen molar-refractivity contribution < 1.29 is 28.7 Å². The van der Waals surface area contributed by atoms with Crippen LogP contribution in [0.5, 0.6) is 5.75 Å². The molecule has 0 bridgehead atoms. The van der Waals surface area contributed by atoms with E-state index in [0.717, 1.165) is 5.56 Å². The maximum Gasteiger partial charge on any atom is 0.408 e. The second-order valence-electron chi connectivity index (χ2n) is 9.20. The Morgan fingerprint density at radius 3 is 2.24 bits per heavy atom. The van der Waals surface area contributed by atoms with Gasteiger partial charge in [-0.1, -0.05) is 32.9 Å². The molecule has 33 heavy (non-hydrogen) atoms. The Kier molecular flexibility index (Phi) is 10.8. The molecular weight excluding hydrogens is 426 g/mol. The molecule has 0 aliphatic heterocycles. The van der Waals surface area contributed by atoms with Crippen molar-refractivity contribution in [1.29, 1.82) is 0 Å². The summed E-state index contributed by atoms with van der Waals surface area (Å²) >= 11 is 0. The van der Waals surface area contributed by atoms with E-state index in [1.807, 2.05) is 13.8 Å². The van der Waals surface area contributed by atoms with Crippen LogP contribution in [0.15, 0.2) is 24.3 Å². The summed E-state index contributed by atoms with van der Waals surface area (Å²) in [6, 6.07) is 5.19. The smallest absolute Gasteiger partial charge is 0.408 e. The Labute approximate surface area is 196 Å². The third-order valence-electron chi connectivity index (χ3n) is 4.57. The van der Waals surface area contributed by atoms with Crippen LogP contribution in [-0.4, -0.2) is 48.5 Å². The van der Waals surface area contributed by atoms with E-state index in [1.54, 1.807) is 59.1 Å². The minimum Gasteiger partial charge on any atom is -0.497 e. The Balaban J connectivity index is 2.77. The molecule has 0 aliphatic rings. The number of Topliss-reactive ketones (excluding diaryl/α,β-unsaturated/α-hetero) is 1. The van der Waals surface area contributed by atoms with Crippen LogP contribution in [0.25, 0.3) is 0 Å². The lowest BCUT2D eigenvalue weighted by Gasteiger charge is -2.25. The zero-order chi connectivity index (χ0) is 25.2. The maximum atomic E-state index is 12.8. The molecule has 0 heterocycles. The molecule has 3 amide bonds. The topological polar surface area (TPSA) is 123 Å². The molecule has 0 spiro atoms. The molecule has 0 saturated carbocycles. The maximum absolute atomic E-state index is 12.8. The standard InChI is InChI=1S/C24H37N3O6/c1-8-18(20(28)22(30)25-14-16-10-9-11-17(13-16)32-7)26-21(29)19(12-15(2)3)27-23(31)33-24(4,5)6/h9-11,13,15,18-19H,8,12,14H2,1-7H3,(H,25,30)(H,26,29)(H,27,31)/t18?,19-/m0/s1. The van der Waals surface area contributed by atoms with Crippen LogP contribution >= 0.6 is 0 Å². The summed E-state index contributed by atoms with van der Waals surface area (Å²) in [5, 5.41) is 7.73. The number of benzene rings is 1. The first-order valence-electron chi connectivity index (χ1n) is 11.1. The van der Waals surface area contributed by atoms with Gasteiger partial charge in [0.1, 0.15) is 17.4 Å². The molecule has 0 aliphatic carbocycles. The van der Waals surface area contributed by atoms with Gasteiger partial charge in [-0.2, -0.15) is 0 Å². The van der Waals surface area contributed by atoms with Crippen molar-refractivity contribution in [3.05, 3.63) is 29.8 Å². The number of nitrogens with one attached hydrogen (secondary N) is 3. The molecular formula is C24H37N3O6. The van der Waals surface area contributed by atoms with Crippen molar-refractivity contribution in [1.82, 2.24) is 16.0 Å². The molecule has 9 heteroatoms. The van der Waals surface area contributed by atoms with E-state index in [9.17, 15) is 19.2 Å². The monoisotopic (exact) mass is 463 g/mol. The van der Waals surface area contributed by atoms with Crippen molar-refractivity contribution in [3.8, 4) is 5.75 Å². The third-order valence-corrected chi connectivity index (χ3v) is 4.57. The predicted octanol–water partition coefficient (Wildman–Crippen LogP) is 2.71. The van der Waals surface area contributed by atoms with Crippen molar-refractivity contribution in [2.45, 2.75) is 78.6 Å². The van der Waals surface area contributed by atoms with Crippen LogP contribution in [0.1, 0.15) is 59.9 Å². The van der Waals surface area contributed by atoms with E-state index in [-0.39, 0.29) is 18.9 Å². The number of rotatable bonds is 11. The zero-order valence-electron chi connectivity index (χ0n) is 20.6. The molecule has 0 aromatic heterocycles. The highest BCUT2D eigenvalue weighted by Gasteiger charge is 2.30. The van der Waals surface area contributed by atoms with Gasteiger partial charge in [0, 0.05) is 6.54 Å². The predicted molar refractivity (Wildman–Crippen MR) is 125 cm³/mol. The van der Waals surface area contributed by atoms with Gasteiger partial charge in [0.25, 0.3) is 5.91 Å². The first-order valence-corrected chi connectivity index (χ1v) is 11.1. The van der Waals surface area contributed by atoms with Crippen LogP contribution in [0.3, 0.4) is 0 Å². The lowest BCUT2D eigenvalue weighted by Crippen LogP contribution is -2.54. The van der Waals surface area contributed by atoms with Gasteiger partial charge < -0.3 is 25.4 Å². The number of hydrogen-bond acceptors (Lipinski definition) is 6. The van der Waals surface area contributed by atoms with E-state index in [4.69, 9.17) is 9.47 Å². The fourth-order valence-corrected chi connectivity index (χ4v) is 2.99. The van der Waals surface area contributed by atoms with E-state index >= 15 is 0 Å². The molecule has 184 valence electrons. The normalized spacial score (nSPS) is 13.0. The van der Waals surface area contributed by atoms with Crippen molar-refractivity contribution in [2.24, 2.45) is 5.92 Å². The Bertz CT molecular complexity index is 832. The quantitative estimate of drug-likeness (QED) is 0.434. The Morgan fingerprint density at radius 2 is 1.70 bits per heavy atom. The van der Waals surface area contributed by atoms with E-state index in [1.165, 1.54) is 0 Å². The van der Waals surface area contributed by atoms with Gasteiger partial charge >= 0.3 is 6.09 Å². The number of methoxy groups -OCH3 is 1. The highest BCUT2D eigenvalue weighted by molar-refractivity contribution is 6.38. The fourth-order valence-electron chi connectivity index (χ4n) is 2.99. The van der Waals surface area contributed by atoms with Crippen LogP contribution in [0.4, 0.5) is 4.79 Å². The zero-order valence-corrected chi connectivity index (χ0v) is 20.6. The molecule has 9 nitrogen and oxygen atoms in total. The van der Waals surface area contributed by atoms with Gasteiger partial charge in [-0.15, -0.1) is 0 Å². The van der Waals surface area contributed by atoms with E-state index < -0.39 is 41.4 Å². The molecule has 1 unspecified atom stereocenters. The van der Waals surface area contributed by atoms with Gasteiger partial charge in [0.2, 0.25) is 11.7 Å². The van der Waals surface area contributed by atoms with Crippen LogP contribution in [0, 0.1) is 5.92 Å². The number of amides is 3. The SMILES string of the molecule is CCC(NC(=O)[C@H](CC(C)C)NC(=O)OC(C)(C)C)C(=O)C(=O)NCc1cccc(OC)c1. The Morgan fingerprint density at radius 1 is 1.03 bits per heavy atom. The molecule has 0 saturated heterocycles. The molecule has 3 N–H and O–H groups in total. The van der Waals surface area contributed by atoms with Crippen molar-refractivity contribution in [2.75, 3.05) is 7.11 Å². The highest BCUT2D eigenvalue weighted by atomic mass is 16.6. The van der Waals surface area contributed by atoms with E-state index in [0.29, 0.717) is 12.2 Å². The van der Waals surface area contributed by atoms with Gasteiger partial charge in [0.05, 0.1) is 13.2 Å². The third kappa shape index (κ3) is 10.4.